The Morgan fingerprint density at radius 2 is 2.05 bits per heavy atom. The SMILES string of the molecule is CC(C)C[C@H](N)C(=O)NCc1ccccc1OCC1CC1.Cl. The van der Waals surface area contributed by atoms with Crippen LogP contribution in [0.5, 0.6) is 5.75 Å². The standard InChI is InChI=1S/C17H26N2O2.ClH/c1-12(2)9-15(18)17(20)19-10-14-5-3-4-6-16(14)21-11-13-7-8-13;/h3-6,12-13,15H,7-11,18H2,1-2H3,(H,19,20);1H/t15-;/m0./s1. The lowest BCUT2D eigenvalue weighted by Gasteiger charge is -2.15. The molecule has 0 heterocycles. The van der Waals surface area contributed by atoms with Crippen molar-refractivity contribution in [3.05, 3.63) is 29.8 Å². The van der Waals surface area contributed by atoms with Crippen LogP contribution in [-0.4, -0.2) is 18.6 Å². The maximum Gasteiger partial charge on any atom is 0.237 e. The summed E-state index contributed by atoms with van der Waals surface area (Å²) in [5, 5.41) is 2.90. The summed E-state index contributed by atoms with van der Waals surface area (Å²) in [6, 6.07) is 7.41. The van der Waals surface area contributed by atoms with Gasteiger partial charge < -0.3 is 15.8 Å². The van der Waals surface area contributed by atoms with Crippen LogP contribution in [0.1, 0.15) is 38.7 Å². The third kappa shape index (κ3) is 6.24. The number of rotatable bonds is 8. The highest BCUT2D eigenvalue weighted by Crippen LogP contribution is 2.30. The van der Waals surface area contributed by atoms with Gasteiger partial charge in [-0.05, 0) is 37.2 Å². The number of para-hydroxylation sites is 1. The molecule has 1 atom stereocenters. The number of halogens is 1. The first-order chi connectivity index (χ1) is 10.1. The van der Waals surface area contributed by atoms with Crippen LogP contribution in [-0.2, 0) is 11.3 Å². The molecule has 1 aromatic carbocycles. The molecule has 4 nitrogen and oxygen atoms in total. The summed E-state index contributed by atoms with van der Waals surface area (Å²) in [7, 11) is 0. The lowest BCUT2D eigenvalue weighted by atomic mass is 10.0. The average molecular weight is 327 g/mol. The van der Waals surface area contributed by atoms with E-state index < -0.39 is 6.04 Å². The summed E-state index contributed by atoms with van der Waals surface area (Å²) in [4.78, 5) is 12.0. The first-order valence-electron chi connectivity index (χ1n) is 7.80. The van der Waals surface area contributed by atoms with E-state index in [1.807, 2.05) is 24.3 Å². The lowest BCUT2D eigenvalue weighted by Crippen LogP contribution is -2.41. The second kappa shape index (κ2) is 9.01. The van der Waals surface area contributed by atoms with Gasteiger partial charge in [-0.3, -0.25) is 4.79 Å². The van der Waals surface area contributed by atoms with E-state index in [-0.39, 0.29) is 18.3 Å². The van der Waals surface area contributed by atoms with E-state index in [0.29, 0.717) is 24.8 Å². The Balaban J connectivity index is 0.00000242. The Morgan fingerprint density at radius 3 is 2.68 bits per heavy atom. The molecule has 0 saturated heterocycles. The van der Waals surface area contributed by atoms with Crippen molar-refractivity contribution >= 4 is 18.3 Å². The quantitative estimate of drug-likeness (QED) is 0.772. The number of hydrogen-bond donors (Lipinski definition) is 2. The molecule has 0 aliphatic heterocycles. The Hall–Kier alpha value is -1.26. The van der Waals surface area contributed by atoms with Gasteiger partial charge in [-0.1, -0.05) is 32.0 Å². The van der Waals surface area contributed by atoms with E-state index in [4.69, 9.17) is 10.5 Å². The molecule has 3 N–H and O–H groups in total. The third-order valence-electron chi connectivity index (χ3n) is 3.66. The molecule has 1 aromatic rings. The minimum atomic E-state index is -0.440. The Labute approximate surface area is 139 Å². The molecular weight excluding hydrogens is 300 g/mol. The van der Waals surface area contributed by atoms with E-state index in [1.54, 1.807) is 0 Å². The number of hydrogen-bond acceptors (Lipinski definition) is 3. The van der Waals surface area contributed by atoms with Crippen molar-refractivity contribution in [3.63, 3.8) is 0 Å². The highest BCUT2D eigenvalue weighted by molar-refractivity contribution is 5.85. The van der Waals surface area contributed by atoms with Crippen molar-refractivity contribution in [1.82, 2.24) is 5.32 Å². The summed E-state index contributed by atoms with van der Waals surface area (Å²) < 4.78 is 5.84. The number of nitrogens with one attached hydrogen (secondary N) is 1. The largest absolute Gasteiger partial charge is 0.493 e. The maximum absolute atomic E-state index is 12.0. The Kier molecular flexibility index (Phi) is 7.69. The molecule has 0 unspecified atom stereocenters. The third-order valence-corrected chi connectivity index (χ3v) is 3.66. The highest BCUT2D eigenvalue weighted by Gasteiger charge is 2.22. The molecule has 0 aromatic heterocycles. The van der Waals surface area contributed by atoms with Crippen molar-refractivity contribution < 1.29 is 9.53 Å². The molecule has 1 amide bonds. The van der Waals surface area contributed by atoms with E-state index in [0.717, 1.165) is 17.9 Å². The molecule has 1 aliphatic rings. The molecule has 0 spiro atoms. The van der Waals surface area contributed by atoms with E-state index in [9.17, 15) is 4.79 Å². The monoisotopic (exact) mass is 326 g/mol. The first kappa shape index (κ1) is 18.8. The normalized spacial score (nSPS) is 15.1. The molecule has 1 saturated carbocycles. The number of carbonyl (C=O) groups excluding carboxylic acids is 1. The number of amides is 1. The second-order valence-corrected chi connectivity index (χ2v) is 6.32. The minimum Gasteiger partial charge on any atom is -0.493 e. The van der Waals surface area contributed by atoms with Crippen molar-refractivity contribution in [3.8, 4) is 5.75 Å². The molecule has 5 heteroatoms. The van der Waals surface area contributed by atoms with Crippen molar-refractivity contribution in [1.29, 1.82) is 0 Å². The van der Waals surface area contributed by atoms with Crippen LogP contribution < -0.4 is 15.8 Å². The summed E-state index contributed by atoms with van der Waals surface area (Å²) in [6.45, 7) is 5.37. The second-order valence-electron chi connectivity index (χ2n) is 6.32. The molecule has 2 rings (SSSR count). The summed E-state index contributed by atoms with van der Waals surface area (Å²) in [6.07, 6.45) is 3.23. The smallest absolute Gasteiger partial charge is 0.237 e. The molecule has 22 heavy (non-hydrogen) atoms. The topological polar surface area (TPSA) is 64.4 Å². The van der Waals surface area contributed by atoms with Gasteiger partial charge in [0.1, 0.15) is 5.75 Å². The molecule has 0 radical (unpaired) electrons. The van der Waals surface area contributed by atoms with Crippen LogP contribution in [0.3, 0.4) is 0 Å². The summed E-state index contributed by atoms with van der Waals surface area (Å²) >= 11 is 0. The van der Waals surface area contributed by atoms with E-state index >= 15 is 0 Å². The van der Waals surface area contributed by atoms with Crippen LogP contribution >= 0.6 is 12.4 Å². The van der Waals surface area contributed by atoms with Gasteiger partial charge in [0.25, 0.3) is 0 Å². The van der Waals surface area contributed by atoms with Gasteiger partial charge in [0.05, 0.1) is 12.6 Å². The molecule has 1 aliphatic carbocycles. The van der Waals surface area contributed by atoms with Gasteiger partial charge in [0.2, 0.25) is 5.91 Å². The van der Waals surface area contributed by atoms with Gasteiger partial charge in [-0.25, -0.2) is 0 Å². The predicted octanol–water partition coefficient (Wildman–Crippen LogP) is 2.89. The molecule has 0 bridgehead atoms. The molecule has 124 valence electrons. The minimum absolute atomic E-state index is 0. The average Bonchev–Trinajstić information content (AvgIpc) is 3.26. The van der Waals surface area contributed by atoms with Gasteiger partial charge >= 0.3 is 0 Å². The fraction of sp³-hybridized carbons (Fsp3) is 0.588. The van der Waals surface area contributed by atoms with E-state index in [2.05, 4.69) is 19.2 Å². The number of carbonyl (C=O) groups is 1. The van der Waals surface area contributed by atoms with Gasteiger partial charge in [0.15, 0.2) is 0 Å². The zero-order valence-corrected chi connectivity index (χ0v) is 14.2. The van der Waals surface area contributed by atoms with Crippen molar-refractivity contribution in [2.75, 3.05) is 6.61 Å². The van der Waals surface area contributed by atoms with Gasteiger partial charge in [0, 0.05) is 12.1 Å². The Morgan fingerprint density at radius 1 is 1.36 bits per heavy atom. The molecule has 1 fully saturated rings. The molecular formula is C17H27ClN2O2. The van der Waals surface area contributed by atoms with Crippen molar-refractivity contribution in [2.45, 2.75) is 45.7 Å². The van der Waals surface area contributed by atoms with Gasteiger partial charge in [-0.15, -0.1) is 12.4 Å². The number of nitrogens with two attached hydrogens (primary N) is 1. The predicted molar refractivity (Wildman–Crippen MR) is 91.2 cm³/mol. The van der Waals surface area contributed by atoms with Crippen LogP contribution in [0.15, 0.2) is 24.3 Å². The first-order valence-corrected chi connectivity index (χ1v) is 7.80. The fourth-order valence-electron chi connectivity index (χ4n) is 2.21. The summed E-state index contributed by atoms with van der Waals surface area (Å²) in [5.41, 5.74) is 6.89. The van der Waals surface area contributed by atoms with Crippen LogP contribution in [0.2, 0.25) is 0 Å². The Bertz CT molecular complexity index is 475. The van der Waals surface area contributed by atoms with Crippen LogP contribution in [0.4, 0.5) is 0 Å². The fourth-order valence-corrected chi connectivity index (χ4v) is 2.21. The zero-order chi connectivity index (χ0) is 15.2. The summed E-state index contributed by atoms with van der Waals surface area (Å²) in [5.74, 6) is 1.90. The number of ether oxygens (including phenoxy) is 1. The van der Waals surface area contributed by atoms with E-state index in [1.165, 1.54) is 12.8 Å². The van der Waals surface area contributed by atoms with Crippen molar-refractivity contribution in [2.24, 2.45) is 17.6 Å². The lowest BCUT2D eigenvalue weighted by molar-refractivity contribution is -0.122. The number of benzene rings is 1. The highest BCUT2D eigenvalue weighted by atomic mass is 35.5. The zero-order valence-electron chi connectivity index (χ0n) is 13.4. The maximum atomic E-state index is 12.0. The van der Waals surface area contributed by atoms with Gasteiger partial charge in [-0.2, -0.15) is 0 Å². The van der Waals surface area contributed by atoms with Crippen LogP contribution in [0, 0.1) is 11.8 Å². The van der Waals surface area contributed by atoms with Crippen LogP contribution in [0.25, 0.3) is 0 Å².